The summed E-state index contributed by atoms with van der Waals surface area (Å²) in [6, 6.07) is 12.6. The van der Waals surface area contributed by atoms with Gasteiger partial charge < -0.3 is 18.8 Å². The maximum absolute atomic E-state index is 14.0. The van der Waals surface area contributed by atoms with Crippen LogP contribution in [0.1, 0.15) is 31.0 Å². The van der Waals surface area contributed by atoms with Gasteiger partial charge in [-0.3, -0.25) is 9.36 Å². The zero-order chi connectivity index (χ0) is 27.7. The number of aromatic nitrogens is 2. The zero-order valence-corrected chi connectivity index (χ0v) is 23.1. The molecule has 1 aliphatic heterocycles. The Hall–Kier alpha value is -4.37. The first kappa shape index (κ1) is 26.2. The van der Waals surface area contributed by atoms with E-state index in [9.17, 15) is 9.59 Å². The molecule has 200 valence electrons. The summed E-state index contributed by atoms with van der Waals surface area (Å²) in [5, 5.41) is 1.03. The Kier molecular flexibility index (Phi) is 7.26. The Morgan fingerprint density at radius 2 is 1.97 bits per heavy atom. The van der Waals surface area contributed by atoms with Crippen LogP contribution in [0.5, 0.6) is 11.5 Å². The fourth-order valence-electron chi connectivity index (χ4n) is 4.95. The molecule has 1 aliphatic rings. The van der Waals surface area contributed by atoms with E-state index in [1.807, 2.05) is 42.6 Å². The number of para-hydroxylation sites is 1. The highest BCUT2D eigenvalue weighted by Gasteiger charge is 2.35. The molecule has 9 heteroatoms. The Bertz CT molecular complexity index is 1810. The molecule has 0 N–H and O–H groups in total. The molecule has 0 saturated carbocycles. The molecule has 3 heterocycles. The lowest BCUT2D eigenvalue weighted by atomic mass is 9.95. The van der Waals surface area contributed by atoms with Crippen molar-refractivity contribution < 1.29 is 19.0 Å². The van der Waals surface area contributed by atoms with Gasteiger partial charge in [-0.25, -0.2) is 9.79 Å². The second kappa shape index (κ2) is 10.8. The van der Waals surface area contributed by atoms with Gasteiger partial charge in [-0.15, -0.1) is 6.58 Å². The van der Waals surface area contributed by atoms with Gasteiger partial charge in [0.25, 0.3) is 5.56 Å². The third-order valence-electron chi connectivity index (χ3n) is 6.68. The number of carbonyl (C=O) groups is 1. The maximum Gasteiger partial charge on any atom is 0.338 e. The average molecular weight is 544 g/mol. The van der Waals surface area contributed by atoms with Gasteiger partial charge in [0, 0.05) is 40.8 Å². The number of carbonyl (C=O) groups excluding carboxylic acids is 1. The van der Waals surface area contributed by atoms with Gasteiger partial charge in [-0.1, -0.05) is 35.6 Å². The number of methoxy groups -OCH3 is 2. The van der Waals surface area contributed by atoms with E-state index in [0.717, 1.165) is 16.5 Å². The van der Waals surface area contributed by atoms with Crippen molar-refractivity contribution in [1.29, 1.82) is 0 Å². The summed E-state index contributed by atoms with van der Waals surface area (Å²) in [6.45, 7) is 8.21. The quantitative estimate of drug-likeness (QED) is 0.248. The molecule has 39 heavy (non-hydrogen) atoms. The molecule has 5 rings (SSSR count). The maximum atomic E-state index is 14.0. The van der Waals surface area contributed by atoms with Crippen LogP contribution in [0.15, 0.2) is 82.4 Å². The van der Waals surface area contributed by atoms with Crippen molar-refractivity contribution in [2.45, 2.75) is 26.4 Å². The first-order valence-corrected chi connectivity index (χ1v) is 13.3. The van der Waals surface area contributed by atoms with E-state index in [2.05, 4.69) is 16.1 Å². The van der Waals surface area contributed by atoms with Crippen LogP contribution in [0.25, 0.3) is 17.0 Å². The van der Waals surface area contributed by atoms with Gasteiger partial charge in [0.05, 0.1) is 36.6 Å². The summed E-state index contributed by atoms with van der Waals surface area (Å²) < 4.78 is 20.6. The van der Waals surface area contributed by atoms with Crippen molar-refractivity contribution in [2.75, 3.05) is 20.8 Å². The highest BCUT2D eigenvalue weighted by atomic mass is 32.1. The predicted molar refractivity (Wildman–Crippen MR) is 152 cm³/mol. The number of fused-ring (bicyclic) bond motifs is 2. The predicted octanol–water partition coefficient (Wildman–Crippen LogP) is 3.96. The molecule has 2 aromatic heterocycles. The highest BCUT2D eigenvalue weighted by molar-refractivity contribution is 7.07. The summed E-state index contributed by atoms with van der Waals surface area (Å²) >= 11 is 1.29. The SMILES string of the molecule is C=CCn1cc(/C=c2\sc3n(c2=O)[C@H](c2ccc(OC)cc2OC)C(C(=O)OCC)=C(C)N=3)c2ccccc21. The van der Waals surface area contributed by atoms with Crippen LogP contribution in [0.3, 0.4) is 0 Å². The number of benzene rings is 2. The number of allylic oxidation sites excluding steroid dienone is 2. The molecule has 0 radical (unpaired) electrons. The van der Waals surface area contributed by atoms with Crippen molar-refractivity contribution in [1.82, 2.24) is 9.13 Å². The molecule has 0 amide bonds. The van der Waals surface area contributed by atoms with Gasteiger partial charge in [-0.2, -0.15) is 0 Å². The van der Waals surface area contributed by atoms with Crippen molar-refractivity contribution in [3.63, 3.8) is 0 Å². The highest BCUT2D eigenvalue weighted by Crippen LogP contribution is 2.37. The Morgan fingerprint density at radius 3 is 2.69 bits per heavy atom. The van der Waals surface area contributed by atoms with E-state index < -0.39 is 12.0 Å². The molecular weight excluding hydrogens is 514 g/mol. The van der Waals surface area contributed by atoms with Crippen LogP contribution in [0, 0.1) is 0 Å². The van der Waals surface area contributed by atoms with Crippen molar-refractivity contribution in [3.05, 3.63) is 103 Å². The monoisotopic (exact) mass is 543 g/mol. The normalized spacial score (nSPS) is 15.2. The standard InChI is InChI=1S/C30H29N3O5S/c1-6-14-32-17-19(21-10-8-9-11-23(21)32)15-25-28(34)33-27(22-13-12-20(36-4)16-24(22)37-5)26(29(35)38-7-2)18(3)31-30(33)39-25/h6,8-13,15-17,27H,1,7,14H2,2-5H3/b25-15-/t27-/m1/s1. The van der Waals surface area contributed by atoms with E-state index in [4.69, 9.17) is 14.2 Å². The number of hydrogen-bond acceptors (Lipinski definition) is 7. The fourth-order valence-corrected chi connectivity index (χ4v) is 5.99. The average Bonchev–Trinajstić information content (AvgIpc) is 3.44. The molecule has 0 aliphatic carbocycles. The molecule has 8 nitrogen and oxygen atoms in total. The van der Waals surface area contributed by atoms with Crippen LogP contribution < -0.4 is 24.4 Å². The molecule has 0 spiro atoms. The minimum atomic E-state index is -0.787. The van der Waals surface area contributed by atoms with E-state index in [1.54, 1.807) is 50.8 Å². The van der Waals surface area contributed by atoms with Gasteiger partial charge in [-0.05, 0) is 38.1 Å². The first-order valence-electron chi connectivity index (χ1n) is 12.5. The van der Waals surface area contributed by atoms with Gasteiger partial charge >= 0.3 is 5.97 Å². The van der Waals surface area contributed by atoms with E-state index in [0.29, 0.717) is 44.2 Å². The molecule has 4 aromatic rings. The van der Waals surface area contributed by atoms with Gasteiger partial charge in [0.1, 0.15) is 17.5 Å². The Morgan fingerprint density at radius 1 is 1.18 bits per heavy atom. The van der Waals surface area contributed by atoms with E-state index in [1.165, 1.54) is 11.3 Å². The number of esters is 1. The minimum absolute atomic E-state index is 0.196. The third kappa shape index (κ3) is 4.59. The number of ether oxygens (including phenoxy) is 3. The van der Waals surface area contributed by atoms with Crippen LogP contribution in [0.2, 0.25) is 0 Å². The number of nitrogens with zero attached hydrogens (tertiary/aromatic N) is 3. The first-order chi connectivity index (χ1) is 18.9. The lowest BCUT2D eigenvalue weighted by Crippen LogP contribution is -2.40. The second-order valence-electron chi connectivity index (χ2n) is 8.95. The molecule has 0 fully saturated rings. The van der Waals surface area contributed by atoms with E-state index in [-0.39, 0.29) is 12.2 Å². The molecule has 2 aromatic carbocycles. The van der Waals surface area contributed by atoms with Crippen LogP contribution in [-0.4, -0.2) is 35.9 Å². The second-order valence-corrected chi connectivity index (χ2v) is 9.96. The number of thiazole rings is 1. The minimum Gasteiger partial charge on any atom is -0.497 e. The van der Waals surface area contributed by atoms with E-state index >= 15 is 0 Å². The van der Waals surface area contributed by atoms with Crippen LogP contribution in [-0.2, 0) is 16.1 Å². The molecule has 0 bridgehead atoms. The van der Waals surface area contributed by atoms with Crippen molar-refractivity contribution >= 4 is 34.3 Å². The zero-order valence-electron chi connectivity index (χ0n) is 22.3. The summed E-state index contributed by atoms with van der Waals surface area (Å²) in [7, 11) is 3.11. The topological polar surface area (TPSA) is 84.0 Å². The van der Waals surface area contributed by atoms with Crippen molar-refractivity contribution in [3.8, 4) is 11.5 Å². The summed E-state index contributed by atoms with van der Waals surface area (Å²) in [5.41, 5.74) is 3.13. The third-order valence-corrected chi connectivity index (χ3v) is 7.67. The lowest BCUT2D eigenvalue weighted by molar-refractivity contribution is -0.139. The Labute approximate surface area is 229 Å². The fraction of sp³-hybridized carbons (Fsp3) is 0.233. The summed E-state index contributed by atoms with van der Waals surface area (Å²) in [6.07, 6.45) is 5.74. The van der Waals surface area contributed by atoms with Gasteiger partial charge in [0.15, 0.2) is 4.80 Å². The molecule has 1 atom stereocenters. The Balaban J connectivity index is 1.77. The lowest BCUT2D eigenvalue weighted by Gasteiger charge is -2.26. The van der Waals surface area contributed by atoms with Crippen LogP contribution >= 0.6 is 11.3 Å². The summed E-state index contributed by atoms with van der Waals surface area (Å²) in [4.78, 5) is 32.4. The van der Waals surface area contributed by atoms with Gasteiger partial charge in [0.2, 0.25) is 0 Å². The largest absolute Gasteiger partial charge is 0.497 e. The van der Waals surface area contributed by atoms with Crippen molar-refractivity contribution in [2.24, 2.45) is 4.99 Å². The van der Waals surface area contributed by atoms with Crippen LogP contribution in [0.4, 0.5) is 0 Å². The smallest absolute Gasteiger partial charge is 0.338 e. The molecular formula is C30H29N3O5S. The molecule has 0 unspecified atom stereocenters. The number of hydrogen-bond donors (Lipinski definition) is 0. The number of rotatable bonds is 8. The summed E-state index contributed by atoms with van der Waals surface area (Å²) in [5.74, 6) is 0.554. The molecule has 0 saturated heterocycles.